The van der Waals surface area contributed by atoms with E-state index in [1.165, 1.54) is 16.9 Å². The summed E-state index contributed by atoms with van der Waals surface area (Å²) in [6.07, 6.45) is 0. The first-order valence-electron chi connectivity index (χ1n) is 5.78. The zero-order valence-electron chi connectivity index (χ0n) is 10.2. The molecule has 2 N–H and O–H groups in total. The second-order valence-corrected chi connectivity index (χ2v) is 5.25. The smallest absolute Gasteiger partial charge is 0.276 e. The van der Waals surface area contributed by atoms with Crippen molar-refractivity contribution in [2.45, 2.75) is 6.54 Å². The van der Waals surface area contributed by atoms with E-state index in [0.29, 0.717) is 12.4 Å². The molecule has 0 aliphatic carbocycles. The Kier molecular flexibility index (Phi) is 4.17. The van der Waals surface area contributed by atoms with Gasteiger partial charge in [0.2, 0.25) is 5.78 Å². The summed E-state index contributed by atoms with van der Waals surface area (Å²) in [6, 6.07) is 11.8. The van der Waals surface area contributed by atoms with E-state index in [2.05, 4.69) is 6.07 Å². The zero-order valence-corrected chi connectivity index (χ0v) is 12.6. The largest absolute Gasteiger partial charge is 1.00 e. The number of hydrogen-bond acceptors (Lipinski definition) is 3. The van der Waals surface area contributed by atoms with Crippen LogP contribution in [0.4, 0.5) is 0 Å². The summed E-state index contributed by atoms with van der Waals surface area (Å²) >= 11 is 1.47. The summed E-state index contributed by atoms with van der Waals surface area (Å²) in [5, 5.41) is 1.92. The summed E-state index contributed by atoms with van der Waals surface area (Å²) in [7, 11) is 0. The van der Waals surface area contributed by atoms with E-state index in [1.807, 2.05) is 40.3 Å². The Bertz CT molecular complexity index is 635. The second-order valence-electron chi connectivity index (χ2n) is 4.30. The van der Waals surface area contributed by atoms with Gasteiger partial charge in [0, 0.05) is 5.56 Å². The molecule has 1 aromatic heterocycles. The Labute approximate surface area is 126 Å². The Morgan fingerprint density at radius 3 is 2.74 bits per heavy atom. The first-order chi connectivity index (χ1) is 8.75. The van der Waals surface area contributed by atoms with Gasteiger partial charge in [-0.3, -0.25) is 10.5 Å². The number of halogens is 1. The van der Waals surface area contributed by atoms with Gasteiger partial charge in [-0.15, -0.1) is 11.3 Å². The molecule has 1 aliphatic rings. The quantitative estimate of drug-likeness (QED) is 0.569. The van der Waals surface area contributed by atoms with Gasteiger partial charge < -0.3 is 17.0 Å². The number of Topliss-reactive ketones (excluding diaryl/α,β-unsaturated/α-hetero) is 1. The van der Waals surface area contributed by atoms with Crippen molar-refractivity contribution < 1.29 is 26.4 Å². The van der Waals surface area contributed by atoms with Crippen molar-refractivity contribution in [2.24, 2.45) is 5.73 Å². The Balaban J connectivity index is 0.00000133. The lowest BCUT2D eigenvalue weighted by Crippen LogP contribution is -3.00. The molecule has 98 valence electrons. The van der Waals surface area contributed by atoms with E-state index in [0.717, 1.165) is 17.0 Å². The second kappa shape index (κ2) is 5.67. The highest BCUT2D eigenvalue weighted by Crippen LogP contribution is 2.17. The van der Waals surface area contributed by atoms with E-state index in [-0.39, 0.29) is 22.8 Å². The van der Waals surface area contributed by atoms with Gasteiger partial charge in [0.1, 0.15) is 13.1 Å². The van der Waals surface area contributed by atoms with Gasteiger partial charge in [0.05, 0.1) is 10.4 Å². The maximum absolute atomic E-state index is 12.1. The number of carbonyl (C=O) groups excluding carboxylic acids is 1. The SMILES string of the molecule is NC1=[N+](CC(=O)c2cccs2)Cc2ccccc21.[Br-]. The first-order valence-corrected chi connectivity index (χ1v) is 6.66. The predicted molar refractivity (Wildman–Crippen MR) is 72.2 cm³/mol. The van der Waals surface area contributed by atoms with Gasteiger partial charge in [-0.2, -0.15) is 0 Å². The maximum atomic E-state index is 12.1. The van der Waals surface area contributed by atoms with Crippen molar-refractivity contribution in [1.29, 1.82) is 0 Å². The first kappa shape index (κ1) is 14.0. The van der Waals surface area contributed by atoms with Gasteiger partial charge >= 0.3 is 0 Å². The minimum absolute atomic E-state index is 0. The lowest BCUT2D eigenvalue weighted by molar-refractivity contribution is -0.526. The lowest BCUT2D eigenvalue weighted by atomic mass is 10.1. The van der Waals surface area contributed by atoms with Crippen molar-refractivity contribution in [3.63, 3.8) is 0 Å². The maximum Gasteiger partial charge on any atom is 0.276 e. The van der Waals surface area contributed by atoms with E-state index in [4.69, 9.17) is 5.73 Å². The number of amidine groups is 1. The van der Waals surface area contributed by atoms with Crippen LogP contribution in [0.25, 0.3) is 0 Å². The van der Waals surface area contributed by atoms with Crippen LogP contribution in [0.1, 0.15) is 20.8 Å². The number of thiophene rings is 1. The molecule has 5 heteroatoms. The van der Waals surface area contributed by atoms with E-state index < -0.39 is 0 Å². The zero-order chi connectivity index (χ0) is 12.5. The van der Waals surface area contributed by atoms with Gasteiger partial charge in [-0.25, -0.2) is 4.58 Å². The molecule has 2 heterocycles. The van der Waals surface area contributed by atoms with E-state index in [9.17, 15) is 4.79 Å². The van der Waals surface area contributed by atoms with Crippen LogP contribution in [0.3, 0.4) is 0 Å². The van der Waals surface area contributed by atoms with E-state index in [1.54, 1.807) is 0 Å². The molecule has 19 heavy (non-hydrogen) atoms. The van der Waals surface area contributed by atoms with Crippen LogP contribution in [-0.4, -0.2) is 22.7 Å². The van der Waals surface area contributed by atoms with Crippen molar-refractivity contribution in [1.82, 2.24) is 0 Å². The normalized spacial score (nSPS) is 13.1. The molecule has 0 spiro atoms. The fraction of sp³-hybridized carbons (Fsp3) is 0.143. The number of rotatable bonds is 3. The van der Waals surface area contributed by atoms with Crippen LogP contribution in [0.5, 0.6) is 0 Å². The standard InChI is InChI=1S/C14H12N2OS.BrH/c15-14-11-5-2-1-4-10(11)8-16(14)9-12(17)13-6-3-7-18-13;/h1-7,15H,8-9H2;1H. The molecule has 3 rings (SSSR count). The molecule has 0 saturated carbocycles. The number of carbonyl (C=O) groups is 1. The summed E-state index contributed by atoms with van der Waals surface area (Å²) in [5.41, 5.74) is 8.33. The molecular weight excluding hydrogens is 324 g/mol. The minimum atomic E-state index is 0. The molecule has 0 fully saturated rings. The number of ketones is 1. The number of hydrogen-bond donors (Lipinski definition) is 1. The third kappa shape index (κ3) is 2.62. The summed E-state index contributed by atoms with van der Waals surface area (Å²) in [6.45, 7) is 1.07. The highest BCUT2D eigenvalue weighted by Gasteiger charge is 2.25. The average Bonchev–Trinajstić information content (AvgIpc) is 3.00. The Morgan fingerprint density at radius 2 is 2.05 bits per heavy atom. The fourth-order valence-electron chi connectivity index (χ4n) is 2.20. The number of benzene rings is 1. The van der Waals surface area contributed by atoms with Crippen LogP contribution < -0.4 is 22.7 Å². The van der Waals surface area contributed by atoms with Crippen molar-refractivity contribution >= 4 is 23.0 Å². The topological polar surface area (TPSA) is 46.1 Å². The molecule has 1 aromatic carbocycles. The van der Waals surface area contributed by atoms with Crippen molar-refractivity contribution in [3.8, 4) is 0 Å². The minimum Gasteiger partial charge on any atom is -1.00 e. The molecule has 2 aromatic rings. The molecule has 0 radical (unpaired) electrons. The molecule has 0 amide bonds. The monoisotopic (exact) mass is 336 g/mol. The highest BCUT2D eigenvalue weighted by atomic mass is 79.9. The molecule has 0 unspecified atom stereocenters. The Morgan fingerprint density at radius 1 is 1.26 bits per heavy atom. The van der Waals surface area contributed by atoms with Crippen molar-refractivity contribution in [2.75, 3.05) is 6.54 Å². The van der Waals surface area contributed by atoms with Crippen LogP contribution in [-0.2, 0) is 6.54 Å². The Hall–Kier alpha value is -1.46. The molecule has 0 atom stereocenters. The third-order valence-electron chi connectivity index (χ3n) is 3.13. The summed E-state index contributed by atoms with van der Waals surface area (Å²) in [4.78, 5) is 12.8. The van der Waals surface area contributed by atoms with Crippen LogP contribution in [0.2, 0.25) is 0 Å². The highest BCUT2D eigenvalue weighted by molar-refractivity contribution is 7.12. The summed E-state index contributed by atoms with van der Waals surface area (Å²) < 4.78 is 1.94. The molecule has 3 nitrogen and oxygen atoms in total. The van der Waals surface area contributed by atoms with Crippen LogP contribution >= 0.6 is 11.3 Å². The molecule has 0 saturated heterocycles. The number of nitrogens with two attached hydrogens (primary N) is 1. The van der Waals surface area contributed by atoms with Gasteiger partial charge in [-0.1, -0.05) is 24.3 Å². The van der Waals surface area contributed by atoms with Gasteiger partial charge in [0.25, 0.3) is 5.84 Å². The fourth-order valence-corrected chi connectivity index (χ4v) is 2.86. The summed E-state index contributed by atoms with van der Waals surface area (Å²) in [5.74, 6) is 0.830. The van der Waals surface area contributed by atoms with Gasteiger partial charge in [-0.05, 0) is 17.5 Å². The lowest BCUT2D eigenvalue weighted by Gasteiger charge is -2.00. The van der Waals surface area contributed by atoms with Crippen LogP contribution in [0.15, 0.2) is 41.8 Å². The molecule has 0 bridgehead atoms. The number of fused-ring (bicyclic) bond motifs is 1. The van der Waals surface area contributed by atoms with Crippen LogP contribution in [0, 0.1) is 0 Å². The predicted octanol–water partition coefficient (Wildman–Crippen LogP) is -1.13. The van der Waals surface area contributed by atoms with Gasteiger partial charge in [0.15, 0.2) is 0 Å². The molecule has 1 aliphatic heterocycles. The van der Waals surface area contributed by atoms with Crippen molar-refractivity contribution in [3.05, 3.63) is 57.8 Å². The van der Waals surface area contributed by atoms with E-state index >= 15 is 0 Å². The average molecular weight is 337 g/mol. The third-order valence-corrected chi connectivity index (χ3v) is 4.04. The molecular formula is C14H13BrN2OS. The number of nitrogens with zero attached hydrogens (tertiary/aromatic N) is 1.